The second-order valence-corrected chi connectivity index (χ2v) is 7.21. The van der Waals surface area contributed by atoms with Gasteiger partial charge in [-0.05, 0) is 50.6 Å². The summed E-state index contributed by atoms with van der Waals surface area (Å²) in [5.41, 5.74) is 2.89. The first kappa shape index (κ1) is 17.7. The van der Waals surface area contributed by atoms with Crippen LogP contribution in [0.15, 0.2) is 59.0 Å². The van der Waals surface area contributed by atoms with E-state index in [0.29, 0.717) is 12.5 Å². The van der Waals surface area contributed by atoms with E-state index in [-0.39, 0.29) is 11.9 Å². The number of oxazole rings is 1. The Hall–Kier alpha value is -2.66. The zero-order chi connectivity index (χ0) is 18.6. The van der Waals surface area contributed by atoms with Gasteiger partial charge in [0.2, 0.25) is 5.91 Å². The number of benzene rings is 2. The van der Waals surface area contributed by atoms with Crippen molar-refractivity contribution in [3.8, 4) is 0 Å². The van der Waals surface area contributed by atoms with E-state index in [4.69, 9.17) is 4.42 Å². The van der Waals surface area contributed by atoms with Crippen molar-refractivity contribution in [3.63, 3.8) is 0 Å². The van der Waals surface area contributed by atoms with Gasteiger partial charge in [-0.1, -0.05) is 42.5 Å². The lowest BCUT2D eigenvalue weighted by Gasteiger charge is -2.34. The summed E-state index contributed by atoms with van der Waals surface area (Å²) in [5.74, 6) is 1.24. The van der Waals surface area contributed by atoms with E-state index in [2.05, 4.69) is 15.2 Å². The number of carbonyl (C=O) groups is 1. The number of amides is 1. The molecule has 0 aliphatic carbocycles. The topological polar surface area (TPSA) is 58.4 Å². The first-order valence-corrected chi connectivity index (χ1v) is 9.62. The zero-order valence-electron chi connectivity index (χ0n) is 15.6. The van der Waals surface area contributed by atoms with Crippen LogP contribution in [0.2, 0.25) is 0 Å². The molecule has 1 aliphatic rings. The maximum Gasteiger partial charge on any atom is 0.237 e. The van der Waals surface area contributed by atoms with Crippen molar-refractivity contribution in [2.75, 3.05) is 13.1 Å². The summed E-state index contributed by atoms with van der Waals surface area (Å²) in [6, 6.07) is 17.8. The molecule has 1 saturated heterocycles. The van der Waals surface area contributed by atoms with Gasteiger partial charge in [-0.25, -0.2) is 4.98 Å². The number of nitrogens with one attached hydrogen (secondary N) is 1. The van der Waals surface area contributed by atoms with Crippen molar-refractivity contribution in [1.82, 2.24) is 15.2 Å². The fraction of sp³-hybridized carbons (Fsp3) is 0.364. The molecule has 2 heterocycles. The summed E-state index contributed by atoms with van der Waals surface area (Å²) < 4.78 is 5.93. The number of aromatic nitrogens is 1. The molecule has 4 rings (SSSR count). The van der Waals surface area contributed by atoms with Crippen LogP contribution in [0.5, 0.6) is 0 Å². The quantitative estimate of drug-likeness (QED) is 0.751. The maximum absolute atomic E-state index is 12.5. The summed E-state index contributed by atoms with van der Waals surface area (Å²) in [5, 5.41) is 3.05. The third-order valence-corrected chi connectivity index (χ3v) is 5.43. The van der Waals surface area contributed by atoms with Crippen molar-refractivity contribution in [3.05, 3.63) is 66.1 Å². The number of fused-ring (bicyclic) bond motifs is 1. The van der Waals surface area contributed by atoms with Crippen LogP contribution in [0.25, 0.3) is 11.1 Å². The number of rotatable bonds is 5. The lowest BCUT2D eigenvalue weighted by atomic mass is 9.95. The summed E-state index contributed by atoms with van der Waals surface area (Å²) in [4.78, 5) is 19.4. The summed E-state index contributed by atoms with van der Waals surface area (Å²) in [6.07, 6.45) is 1.92. The van der Waals surface area contributed by atoms with Gasteiger partial charge in [-0.2, -0.15) is 0 Å². The number of likely N-dealkylation sites (tertiary alicyclic amines) is 1. The van der Waals surface area contributed by atoms with Crippen LogP contribution in [-0.2, 0) is 11.3 Å². The van der Waals surface area contributed by atoms with Crippen LogP contribution in [0, 0.1) is 0 Å². The highest BCUT2D eigenvalue weighted by atomic mass is 16.3. The molecule has 0 saturated carbocycles. The van der Waals surface area contributed by atoms with Crippen molar-refractivity contribution in [1.29, 1.82) is 0 Å². The summed E-state index contributed by atoms with van der Waals surface area (Å²) >= 11 is 0. The molecule has 1 atom stereocenters. The molecule has 1 amide bonds. The highest BCUT2D eigenvalue weighted by molar-refractivity contribution is 5.81. The number of carbonyl (C=O) groups excluding carboxylic acids is 1. The standard InChI is InChI=1S/C22H25N3O2/c1-16(21(26)23-15-17-7-3-2-4-8-17)25-13-11-18(12-14-25)22-24-19-9-5-6-10-20(19)27-22/h2-10,16,18H,11-15H2,1H3,(H,23,26). The molecule has 3 aromatic rings. The smallest absolute Gasteiger partial charge is 0.237 e. The van der Waals surface area contributed by atoms with Crippen LogP contribution in [-0.4, -0.2) is 34.9 Å². The Balaban J connectivity index is 1.30. The number of hydrogen-bond donors (Lipinski definition) is 1. The van der Waals surface area contributed by atoms with E-state index < -0.39 is 0 Å². The van der Waals surface area contributed by atoms with E-state index in [1.807, 2.05) is 61.5 Å². The minimum absolute atomic E-state index is 0.0826. The average Bonchev–Trinajstić information content (AvgIpc) is 3.16. The van der Waals surface area contributed by atoms with Gasteiger partial charge in [0.25, 0.3) is 0 Å². The van der Waals surface area contributed by atoms with Crippen LogP contribution in [0.4, 0.5) is 0 Å². The number of para-hydroxylation sites is 2. The van der Waals surface area contributed by atoms with E-state index in [1.165, 1.54) is 0 Å². The minimum atomic E-state index is -0.127. The van der Waals surface area contributed by atoms with Crippen molar-refractivity contribution in [2.24, 2.45) is 0 Å². The average molecular weight is 363 g/mol. The molecule has 1 unspecified atom stereocenters. The van der Waals surface area contributed by atoms with Gasteiger partial charge >= 0.3 is 0 Å². The fourth-order valence-electron chi connectivity index (χ4n) is 3.70. The van der Waals surface area contributed by atoms with Gasteiger partial charge in [0.15, 0.2) is 11.5 Å². The highest BCUT2D eigenvalue weighted by Gasteiger charge is 2.29. The molecule has 0 bridgehead atoms. The summed E-state index contributed by atoms with van der Waals surface area (Å²) in [7, 11) is 0. The van der Waals surface area contributed by atoms with E-state index in [1.54, 1.807) is 0 Å². The Morgan fingerprint density at radius 3 is 2.59 bits per heavy atom. The van der Waals surface area contributed by atoms with Gasteiger partial charge in [-0.3, -0.25) is 9.69 Å². The molecule has 140 valence electrons. The van der Waals surface area contributed by atoms with E-state index in [0.717, 1.165) is 48.5 Å². The first-order chi connectivity index (χ1) is 13.2. The Morgan fingerprint density at radius 2 is 1.85 bits per heavy atom. The number of hydrogen-bond acceptors (Lipinski definition) is 4. The molecule has 1 aromatic heterocycles. The SMILES string of the molecule is CC(C(=O)NCc1ccccc1)N1CCC(c2nc3ccccc3o2)CC1. The second-order valence-electron chi connectivity index (χ2n) is 7.21. The Bertz CT molecular complexity index is 865. The van der Waals surface area contributed by atoms with E-state index in [9.17, 15) is 4.79 Å². The van der Waals surface area contributed by atoms with Crippen molar-refractivity contribution in [2.45, 2.75) is 38.3 Å². The largest absolute Gasteiger partial charge is 0.440 e. The normalized spacial score (nSPS) is 17.1. The van der Waals surface area contributed by atoms with Crippen molar-refractivity contribution < 1.29 is 9.21 Å². The highest BCUT2D eigenvalue weighted by Crippen LogP contribution is 2.30. The van der Waals surface area contributed by atoms with Gasteiger partial charge in [-0.15, -0.1) is 0 Å². The lowest BCUT2D eigenvalue weighted by Crippen LogP contribution is -2.47. The van der Waals surface area contributed by atoms with Crippen LogP contribution < -0.4 is 5.32 Å². The summed E-state index contributed by atoms with van der Waals surface area (Å²) in [6.45, 7) is 4.32. The maximum atomic E-state index is 12.5. The molecule has 0 spiro atoms. The predicted molar refractivity (Wildman–Crippen MR) is 105 cm³/mol. The molecule has 1 fully saturated rings. The molecular weight excluding hydrogens is 338 g/mol. The number of nitrogens with zero attached hydrogens (tertiary/aromatic N) is 2. The molecular formula is C22H25N3O2. The van der Waals surface area contributed by atoms with Crippen LogP contribution >= 0.6 is 0 Å². The molecule has 1 aliphatic heterocycles. The minimum Gasteiger partial charge on any atom is -0.440 e. The number of piperidine rings is 1. The van der Waals surface area contributed by atoms with Crippen LogP contribution in [0.1, 0.15) is 37.1 Å². The molecule has 5 nitrogen and oxygen atoms in total. The predicted octanol–water partition coefficient (Wildman–Crippen LogP) is 3.71. The Morgan fingerprint density at radius 1 is 1.15 bits per heavy atom. The Kier molecular flexibility index (Phi) is 5.21. The lowest BCUT2D eigenvalue weighted by molar-refractivity contribution is -0.126. The van der Waals surface area contributed by atoms with Crippen molar-refractivity contribution >= 4 is 17.0 Å². The van der Waals surface area contributed by atoms with Crippen LogP contribution in [0.3, 0.4) is 0 Å². The van der Waals surface area contributed by atoms with Gasteiger partial charge < -0.3 is 9.73 Å². The molecule has 27 heavy (non-hydrogen) atoms. The monoisotopic (exact) mass is 363 g/mol. The van der Waals surface area contributed by atoms with Gasteiger partial charge in [0.1, 0.15) is 5.52 Å². The van der Waals surface area contributed by atoms with E-state index >= 15 is 0 Å². The fourth-order valence-corrected chi connectivity index (χ4v) is 3.70. The molecule has 2 aromatic carbocycles. The second kappa shape index (κ2) is 7.92. The third kappa shape index (κ3) is 4.03. The third-order valence-electron chi connectivity index (χ3n) is 5.43. The molecule has 0 radical (unpaired) electrons. The molecule has 1 N–H and O–H groups in total. The first-order valence-electron chi connectivity index (χ1n) is 9.62. The van der Waals surface area contributed by atoms with Gasteiger partial charge in [0.05, 0.1) is 6.04 Å². The van der Waals surface area contributed by atoms with Gasteiger partial charge in [0, 0.05) is 12.5 Å². The molecule has 5 heteroatoms. The zero-order valence-corrected chi connectivity index (χ0v) is 15.6. The Labute approximate surface area is 159 Å².